The number of fused-ring (bicyclic) bond motifs is 2. The Morgan fingerprint density at radius 2 is 1.14 bits per heavy atom. The average molecular weight is 1030 g/mol. The largest absolute Gasteiger partial charge is 3.00 e. The van der Waals surface area contributed by atoms with Crippen LogP contribution in [0, 0.1) is 12.1 Å². The summed E-state index contributed by atoms with van der Waals surface area (Å²) in [6, 6.07) is 58.9. The summed E-state index contributed by atoms with van der Waals surface area (Å²) in [6.45, 7) is 5.58. The summed E-state index contributed by atoms with van der Waals surface area (Å²) in [5.74, 6) is -0.318. The van der Waals surface area contributed by atoms with Crippen molar-refractivity contribution in [2.24, 2.45) is 0 Å². The van der Waals surface area contributed by atoms with Gasteiger partial charge in [-0.15, -0.1) is 71.8 Å². The molecular formula is C54H47IrN7O3-5. The van der Waals surface area contributed by atoms with Crippen molar-refractivity contribution in [3.8, 4) is 33.9 Å². The van der Waals surface area contributed by atoms with Crippen molar-refractivity contribution < 1.29 is 34.4 Å². The van der Waals surface area contributed by atoms with Gasteiger partial charge in [0, 0.05) is 37.8 Å². The Bertz CT molecular complexity index is 2770. The summed E-state index contributed by atoms with van der Waals surface area (Å²) in [5.41, 5.74) is 8.64. The van der Waals surface area contributed by atoms with Crippen molar-refractivity contribution in [1.29, 1.82) is 0 Å². The summed E-state index contributed by atoms with van der Waals surface area (Å²) in [4.78, 5) is 47.1. The molecule has 9 aromatic rings. The quantitative estimate of drug-likeness (QED) is 0.137. The molecule has 11 heteroatoms. The Kier molecular flexibility index (Phi) is 16.8. The fourth-order valence-electron chi connectivity index (χ4n) is 6.46. The van der Waals surface area contributed by atoms with Gasteiger partial charge in [0.25, 0.3) is 0 Å². The van der Waals surface area contributed by atoms with E-state index in [0.29, 0.717) is 6.42 Å². The van der Waals surface area contributed by atoms with E-state index in [1.807, 2.05) is 127 Å². The number of para-hydroxylation sites is 2. The fourth-order valence-corrected chi connectivity index (χ4v) is 6.46. The van der Waals surface area contributed by atoms with Gasteiger partial charge in [-0.25, -0.2) is 4.79 Å². The van der Waals surface area contributed by atoms with Crippen LogP contribution in [0.15, 0.2) is 189 Å². The smallest absolute Gasteiger partial charge is 0.408 e. The molecule has 4 aromatic carbocycles. The zero-order valence-corrected chi connectivity index (χ0v) is 38.6. The van der Waals surface area contributed by atoms with Crippen molar-refractivity contribution in [3.63, 3.8) is 0 Å². The van der Waals surface area contributed by atoms with Gasteiger partial charge in [0.15, 0.2) is 0 Å². The van der Waals surface area contributed by atoms with Gasteiger partial charge in [0.1, 0.15) is 11.6 Å². The third-order valence-electron chi connectivity index (χ3n) is 9.58. The van der Waals surface area contributed by atoms with E-state index in [0.717, 1.165) is 56.1 Å². The normalized spacial score (nSPS) is 11.1. The van der Waals surface area contributed by atoms with Crippen LogP contribution >= 0.6 is 0 Å². The van der Waals surface area contributed by atoms with E-state index in [9.17, 15) is 9.59 Å². The number of nitrogens with zero attached hydrogens (tertiary/aromatic N) is 5. The van der Waals surface area contributed by atoms with Crippen molar-refractivity contribution >= 4 is 33.8 Å². The van der Waals surface area contributed by atoms with Gasteiger partial charge in [0.05, 0.1) is 22.4 Å². The number of pyridine rings is 5. The molecule has 0 saturated carbocycles. The SMILES string of the molecule is CC(C)(C)OC(=O)N[C@H](Cc1ccncc1)C(=O)NCc1ccc(-c2ccccn2)nc1.[Ir-3].[c-]1ccccc1-c1ccc2ccccc2n1.[c-]1ccccc1-c1ccc2ccccc2n1. The molecule has 0 aliphatic carbocycles. The minimum Gasteiger partial charge on any atom is -3.00 e. The molecule has 2 N–H and O–H groups in total. The first-order valence-electron chi connectivity index (χ1n) is 20.9. The maximum Gasteiger partial charge on any atom is 0.408 e. The maximum absolute atomic E-state index is 12.9. The van der Waals surface area contributed by atoms with Crippen LogP contribution in [0.4, 0.5) is 4.79 Å². The van der Waals surface area contributed by atoms with Gasteiger partial charge in [-0.05, 0) is 96.5 Å². The van der Waals surface area contributed by atoms with E-state index in [1.165, 1.54) is 10.8 Å². The number of amides is 2. The summed E-state index contributed by atoms with van der Waals surface area (Å²) in [7, 11) is 0. The second-order valence-corrected chi connectivity index (χ2v) is 15.6. The van der Waals surface area contributed by atoms with Crippen LogP contribution in [0.25, 0.3) is 55.7 Å². The van der Waals surface area contributed by atoms with Crippen LogP contribution in [0.3, 0.4) is 0 Å². The number of benzene rings is 4. The number of aromatic nitrogens is 5. The molecule has 0 aliphatic heterocycles. The third kappa shape index (κ3) is 14.3. The van der Waals surface area contributed by atoms with Gasteiger partial charge >= 0.3 is 6.09 Å². The summed E-state index contributed by atoms with van der Waals surface area (Å²) < 4.78 is 5.32. The fraction of sp³-hybridized carbons (Fsp3) is 0.130. The maximum atomic E-state index is 12.9. The molecule has 0 spiro atoms. The minimum absolute atomic E-state index is 0. The van der Waals surface area contributed by atoms with Crippen molar-refractivity contribution in [3.05, 3.63) is 212 Å². The second kappa shape index (κ2) is 23.3. The number of alkyl carbamates (subject to hydrolysis) is 1. The van der Waals surface area contributed by atoms with E-state index < -0.39 is 17.7 Å². The number of carbonyl (C=O) groups excluding carboxylic acids is 2. The minimum atomic E-state index is -0.798. The molecule has 0 bridgehead atoms. The van der Waals surface area contributed by atoms with Crippen LogP contribution < -0.4 is 10.6 Å². The van der Waals surface area contributed by atoms with E-state index in [2.05, 4.69) is 72.0 Å². The number of ether oxygens (including phenoxy) is 1. The Labute approximate surface area is 393 Å². The number of carbonyl (C=O) groups is 2. The molecule has 9 rings (SSSR count). The van der Waals surface area contributed by atoms with E-state index in [-0.39, 0.29) is 32.6 Å². The predicted octanol–water partition coefficient (Wildman–Crippen LogP) is 10.7. The first kappa shape index (κ1) is 47.0. The van der Waals surface area contributed by atoms with Gasteiger partial charge in [0.2, 0.25) is 5.91 Å². The first-order valence-corrected chi connectivity index (χ1v) is 20.9. The molecule has 0 aliphatic rings. The Balaban J connectivity index is 0.000000176. The van der Waals surface area contributed by atoms with Gasteiger partial charge in [-0.1, -0.05) is 72.8 Å². The Hall–Kier alpha value is -7.46. The molecule has 0 radical (unpaired) electrons. The van der Waals surface area contributed by atoms with Gasteiger partial charge < -0.3 is 35.5 Å². The summed E-state index contributed by atoms with van der Waals surface area (Å²) in [6.07, 6.45) is 6.37. The van der Waals surface area contributed by atoms with Crippen LogP contribution in [0.1, 0.15) is 31.9 Å². The van der Waals surface area contributed by atoms with E-state index in [4.69, 9.17) is 4.74 Å². The first-order chi connectivity index (χ1) is 31.2. The molecular weight excluding hydrogens is 987 g/mol. The number of hydrogen-bond donors (Lipinski definition) is 2. The van der Waals surface area contributed by atoms with Crippen LogP contribution in [-0.2, 0) is 42.6 Å². The van der Waals surface area contributed by atoms with Gasteiger partial charge in [-0.3, -0.25) is 29.7 Å². The molecule has 0 unspecified atom stereocenters. The van der Waals surface area contributed by atoms with E-state index >= 15 is 0 Å². The molecule has 2 amide bonds. The topological polar surface area (TPSA) is 132 Å². The van der Waals surface area contributed by atoms with Gasteiger partial charge in [-0.2, -0.15) is 0 Å². The molecule has 65 heavy (non-hydrogen) atoms. The van der Waals surface area contributed by atoms with Crippen LogP contribution in [-0.4, -0.2) is 48.6 Å². The molecule has 5 aromatic heterocycles. The molecule has 10 nitrogen and oxygen atoms in total. The molecule has 330 valence electrons. The molecule has 5 heterocycles. The Morgan fingerprint density at radius 3 is 1.66 bits per heavy atom. The number of rotatable bonds is 9. The van der Waals surface area contributed by atoms with E-state index in [1.54, 1.807) is 57.7 Å². The zero-order chi connectivity index (χ0) is 44.6. The summed E-state index contributed by atoms with van der Waals surface area (Å²) in [5, 5.41) is 7.87. The predicted molar refractivity (Wildman–Crippen MR) is 252 cm³/mol. The third-order valence-corrected chi connectivity index (χ3v) is 9.58. The van der Waals surface area contributed by atoms with Crippen molar-refractivity contribution in [2.45, 2.75) is 45.4 Å². The molecule has 0 saturated heterocycles. The Morgan fingerprint density at radius 1 is 0.585 bits per heavy atom. The number of hydrogen-bond acceptors (Lipinski definition) is 8. The number of nitrogens with one attached hydrogen (secondary N) is 2. The van der Waals surface area contributed by atoms with Crippen LogP contribution in [0.2, 0.25) is 0 Å². The second-order valence-electron chi connectivity index (χ2n) is 15.6. The molecule has 1 atom stereocenters. The monoisotopic (exact) mass is 1030 g/mol. The van der Waals surface area contributed by atoms with Crippen molar-refractivity contribution in [1.82, 2.24) is 35.6 Å². The van der Waals surface area contributed by atoms with Crippen LogP contribution in [0.5, 0.6) is 0 Å². The van der Waals surface area contributed by atoms with Crippen molar-refractivity contribution in [2.75, 3.05) is 0 Å². The zero-order valence-electron chi connectivity index (χ0n) is 36.2. The standard InChI is InChI=1S/C24H27N5O3.2C15H10N.Ir/c1-24(2,3)32-23(31)29-21(14-17-9-12-25-13-10-17)22(30)28-16-18-7-8-20(27-15-18)19-6-4-5-11-26-19;2*1-2-6-12(7-3-1)15-11-10-13-8-4-5-9-14(13)16-15;/h4-13,15,21H,14,16H2,1-3H3,(H,28,30)(H,29,31);2*1-6,8-11H;/q;2*-1;-3/t21-;;;/m1.../s1. The molecule has 0 fully saturated rings. The summed E-state index contributed by atoms with van der Waals surface area (Å²) >= 11 is 0. The average Bonchev–Trinajstić information content (AvgIpc) is 3.34.